The number of nitrogens with zero attached hydrogens (tertiary/aromatic N) is 3. The Bertz CT molecular complexity index is 914. The average Bonchev–Trinajstić information content (AvgIpc) is 3.24. The van der Waals surface area contributed by atoms with Crippen molar-refractivity contribution in [1.29, 1.82) is 0 Å². The molecule has 1 unspecified atom stereocenters. The van der Waals surface area contributed by atoms with E-state index in [0.29, 0.717) is 19.1 Å². The number of ether oxygens (including phenoxy) is 1. The van der Waals surface area contributed by atoms with Gasteiger partial charge in [0, 0.05) is 45.5 Å². The van der Waals surface area contributed by atoms with Gasteiger partial charge in [0.1, 0.15) is 5.82 Å². The molecule has 1 heterocycles. The fourth-order valence-corrected chi connectivity index (χ4v) is 3.29. The highest BCUT2D eigenvalue weighted by molar-refractivity contribution is 14.0. The lowest BCUT2D eigenvalue weighted by Gasteiger charge is -2.16. The van der Waals surface area contributed by atoms with Gasteiger partial charge in [0.15, 0.2) is 5.96 Å². The maximum Gasteiger partial charge on any atom is 0.191 e. The first kappa shape index (κ1) is 25.9. The van der Waals surface area contributed by atoms with Crippen LogP contribution in [0.1, 0.15) is 23.9 Å². The quantitative estimate of drug-likeness (QED) is 0.216. The van der Waals surface area contributed by atoms with Crippen molar-refractivity contribution < 1.29 is 4.74 Å². The van der Waals surface area contributed by atoms with Gasteiger partial charge in [0.2, 0.25) is 0 Å². The van der Waals surface area contributed by atoms with Crippen LogP contribution in [0.2, 0.25) is 0 Å². The Morgan fingerprint density at radius 3 is 2.41 bits per heavy atom. The van der Waals surface area contributed by atoms with Crippen LogP contribution >= 0.6 is 24.0 Å². The molecule has 0 fully saturated rings. The number of benzene rings is 2. The molecule has 7 heteroatoms. The zero-order chi connectivity index (χ0) is 21.7. The van der Waals surface area contributed by atoms with Crippen molar-refractivity contribution in [3.05, 3.63) is 90.0 Å². The summed E-state index contributed by atoms with van der Waals surface area (Å²) in [6.45, 7) is 5.93. The van der Waals surface area contributed by atoms with E-state index in [1.54, 1.807) is 7.05 Å². The SMILES string of the molecule is CN=C(NCCc1nccn1Cc1ccccc1)NCC(C)COCc1ccccc1.I. The van der Waals surface area contributed by atoms with E-state index < -0.39 is 0 Å². The van der Waals surface area contributed by atoms with Crippen LogP contribution in [-0.4, -0.2) is 42.3 Å². The molecule has 0 bridgehead atoms. The molecule has 1 atom stereocenters. The minimum atomic E-state index is 0. The number of aromatic nitrogens is 2. The number of imidazole rings is 1. The molecule has 0 spiro atoms. The van der Waals surface area contributed by atoms with Crippen molar-refractivity contribution in [2.75, 3.05) is 26.7 Å². The highest BCUT2D eigenvalue weighted by atomic mass is 127. The molecule has 6 nitrogen and oxygen atoms in total. The fourth-order valence-electron chi connectivity index (χ4n) is 3.29. The van der Waals surface area contributed by atoms with E-state index in [-0.39, 0.29) is 24.0 Å². The molecule has 0 amide bonds. The van der Waals surface area contributed by atoms with Crippen molar-refractivity contribution >= 4 is 29.9 Å². The molecule has 172 valence electrons. The second-order valence-electron chi connectivity index (χ2n) is 7.69. The van der Waals surface area contributed by atoms with Gasteiger partial charge in [-0.15, -0.1) is 24.0 Å². The van der Waals surface area contributed by atoms with E-state index >= 15 is 0 Å². The fraction of sp³-hybridized carbons (Fsp3) is 0.360. The second kappa shape index (κ2) is 14.6. The number of hydrogen-bond acceptors (Lipinski definition) is 3. The molecular formula is C25H34IN5O. The third kappa shape index (κ3) is 9.00. The van der Waals surface area contributed by atoms with Crippen molar-refractivity contribution in [3.8, 4) is 0 Å². The Hall–Kier alpha value is -2.39. The van der Waals surface area contributed by atoms with Crippen LogP contribution in [-0.2, 0) is 24.3 Å². The minimum Gasteiger partial charge on any atom is -0.376 e. The van der Waals surface area contributed by atoms with Crippen LogP contribution in [0.25, 0.3) is 0 Å². The van der Waals surface area contributed by atoms with Crippen LogP contribution in [0.4, 0.5) is 0 Å². The molecule has 2 N–H and O–H groups in total. The summed E-state index contributed by atoms with van der Waals surface area (Å²) in [5.41, 5.74) is 2.47. The monoisotopic (exact) mass is 547 g/mol. The van der Waals surface area contributed by atoms with Gasteiger partial charge in [0.25, 0.3) is 0 Å². The largest absolute Gasteiger partial charge is 0.376 e. The predicted octanol–water partition coefficient (Wildman–Crippen LogP) is 4.11. The van der Waals surface area contributed by atoms with Crippen LogP contribution in [0.5, 0.6) is 0 Å². The molecule has 0 saturated carbocycles. The van der Waals surface area contributed by atoms with Gasteiger partial charge < -0.3 is 19.9 Å². The normalized spacial score (nSPS) is 12.1. The molecule has 1 aromatic heterocycles. The molecule has 2 aromatic carbocycles. The zero-order valence-corrected chi connectivity index (χ0v) is 21.2. The van der Waals surface area contributed by atoms with Crippen molar-refractivity contribution in [2.45, 2.75) is 26.5 Å². The molecule has 3 aromatic rings. The zero-order valence-electron chi connectivity index (χ0n) is 18.9. The molecule has 3 rings (SSSR count). The Labute approximate surface area is 208 Å². The smallest absolute Gasteiger partial charge is 0.191 e. The first-order valence-electron chi connectivity index (χ1n) is 10.8. The molecule has 32 heavy (non-hydrogen) atoms. The Morgan fingerprint density at radius 1 is 1.03 bits per heavy atom. The first-order valence-corrected chi connectivity index (χ1v) is 10.8. The molecule has 0 radical (unpaired) electrons. The van der Waals surface area contributed by atoms with E-state index in [2.05, 4.69) is 68.5 Å². The van der Waals surface area contributed by atoms with E-state index in [4.69, 9.17) is 4.74 Å². The third-order valence-corrected chi connectivity index (χ3v) is 4.99. The lowest BCUT2D eigenvalue weighted by molar-refractivity contribution is 0.0931. The van der Waals surface area contributed by atoms with Gasteiger partial charge in [-0.3, -0.25) is 4.99 Å². The van der Waals surface area contributed by atoms with E-state index in [1.165, 1.54) is 11.1 Å². The summed E-state index contributed by atoms with van der Waals surface area (Å²) in [6, 6.07) is 20.7. The summed E-state index contributed by atoms with van der Waals surface area (Å²) in [5, 5.41) is 6.76. The Balaban J connectivity index is 0.00000363. The van der Waals surface area contributed by atoms with E-state index in [1.807, 2.05) is 36.7 Å². The lowest BCUT2D eigenvalue weighted by Crippen LogP contribution is -2.41. The van der Waals surface area contributed by atoms with Gasteiger partial charge >= 0.3 is 0 Å². The number of hydrogen-bond donors (Lipinski definition) is 2. The van der Waals surface area contributed by atoms with Crippen LogP contribution in [0, 0.1) is 5.92 Å². The predicted molar refractivity (Wildman–Crippen MR) is 142 cm³/mol. The molecule has 0 aliphatic rings. The van der Waals surface area contributed by atoms with Gasteiger partial charge in [-0.05, 0) is 17.0 Å². The number of nitrogens with one attached hydrogen (secondary N) is 2. The molecule has 0 aliphatic carbocycles. The van der Waals surface area contributed by atoms with Gasteiger partial charge in [-0.25, -0.2) is 4.98 Å². The average molecular weight is 547 g/mol. The Morgan fingerprint density at radius 2 is 1.72 bits per heavy atom. The van der Waals surface area contributed by atoms with Crippen LogP contribution in [0.3, 0.4) is 0 Å². The maximum absolute atomic E-state index is 5.83. The van der Waals surface area contributed by atoms with Crippen molar-refractivity contribution in [1.82, 2.24) is 20.2 Å². The third-order valence-electron chi connectivity index (χ3n) is 4.99. The standard InChI is InChI=1S/C25H33N5O.HI/c1-21(19-31-20-23-11-7-4-8-12-23)17-29-25(26-2)28-14-13-24-27-15-16-30(24)18-22-9-5-3-6-10-22;/h3-12,15-16,21H,13-14,17-20H2,1-2H3,(H2,26,28,29);1H. The van der Waals surface area contributed by atoms with Crippen molar-refractivity contribution in [2.24, 2.45) is 10.9 Å². The van der Waals surface area contributed by atoms with Crippen molar-refractivity contribution in [3.63, 3.8) is 0 Å². The van der Waals surface area contributed by atoms with Gasteiger partial charge in [-0.2, -0.15) is 0 Å². The summed E-state index contributed by atoms with van der Waals surface area (Å²) < 4.78 is 8.02. The number of halogens is 1. The maximum atomic E-state index is 5.83. The highest BCUT2D eigenvalue weighted by Gasteiger charge is 2.07. The van der Waals surface area contributed by atoms with E-state index in [0.717, 1.165) is 37.8 Å². The summed E-state index contributed by atoms with van der Waals surface area (Å²) in [5.74, 6) is 2.25. The number of guanidine groups is 1. The van der Waals surface area contributed by atoms with Gasteiger partial charge in [-0.1, -0.05) is 67.6 Å². The number of rotatable bonds is 11. The Kier molecular flexibility index (Phi) is 11.8. The molecule has 0 aliphatic heterocycles. The first-order chi connectivity index (χ1) is 15.2. The van der Waals surface area contributed by atoms with Crippen LogP contribution < -0.4 is 10.6 Å². The number of aliphatic imine (C=N–C) groups is 1. The summed E-state index contributed by atoms with van der Waals surface area (Å²) >= 11 is 0. The molecule has 0 saturated heterocycles. The molecular weight excluding hydrogens is 513 g/mol. The summed E-state index contributed by atoms with van der Waals surface area (Å²) in [7, 11) is 1.79. The lowest BCUT2D eigenvalue weighted by atomic mass is 10.2. The topological polar surface area (TPSA) is 63.5 Å². The second-order valence-corrected chi connectivity index (χ2v) is 7.69. The highest BCUT2D eigenvalue weighted by Crippen LogP contribution is 2.06. The summed E-state index contributed by atoms with van der Waals surface area (Å²) in [4.78, 5) is 8.84. The summed E-state index contributed by atoms with van der Waals surface area (Å²) in [6.07, 6.45) is 4.73. The van der Waals surface area contributed by atoms with E-state index in [9.17, 15) is 0 Å². The van der Waals surface area contributed by atoms with Gasteiger partial charge in [0.05, 0.1) is 13.2 Å². The van der Waals surface area contributed by atoms with Crippen LogP contribution in [0.15, 0.2) is 78.0 Å². The minimum absolute atomic E-state index is 0.